The molecule has 0 spiro atoms. The maximum absolute atomic E-state index is 13.1. The zero-order valence-corrected chi connectivity index (χ0v) is 15.2. The van der Waals surface area contributed by atoms with E-state index in [-0.39, 0.29) is 17.8 Å². The number of hydrogen-bond acceptors (Lipinski definition) is 2. The molecule has 1 heterocycles. The average molecular weight is 343 g/mol. The van der Waals surface area contributed by atoms with Gasteiger partial charge < -0.3 is 5.32 Å². The van der Waals surface area contributed by atoms with Gasteiger partial charge >= 0.3 is 0 Å². The molecule has 5 heteroatoms. The molecule has 1 aromatic carbocycles. The Hall–Kier alpha value is -2.17. The molecule has 1 aliphatic rings. The molecular formula is C20H26FN3O. The molecule has 0 unspecified atom stereocenters. The summed E-state index contributed by atoms with van der Waals surface area (Å²) in [5.74, 6) is 0.465. The van der Waals surface area contributed by atoms with Gasteiger partial charge in [-0.05, 0) is 69.7 Å². The van der Waals surface area contributed by atoms with Crippen LogP contribution in [0.25, 0.3) is 5.69 Å². The van der Waals surface area contributed by atoms with Crippen molar-refractivity contribution in [1.82, 2.24) is 15.1 Å². The zero-order chi connectivity index (χ0) is 18.0. The first-order valence-electron chi connectivity index (χ1n) is 9.12. The average Bonchev–Trinajstić information content (AvgIpc) is 2.91. The predicted octanol–water partition coefficient (Wildman–Crippen LogP) is 4.33. The Bertz CT molecular complexity index is 743. The van der Waals surface area contributed by atoms with Gasteiger partial charge in [0.05, 0.1) is 22.6 Å². The SMILES string of the molecule is CCC1CCC(NC(=O)c2c(C)nn(-c3ccc(F)cc3)c2C)CC1. The molecule has 0 atom stereocenters. The molecule has 134 valence electrons. The van der Waals surface area contributed by atoms with Crippen LogP contribution in [0.4, 0.5) is 4.39 Å². The lowest BCUT2D eigenvalue weighted by molar-refractivity contribution is 0.0920. The van der Waals surface area contributed by atoms with Crippen molar-refractivity contribution >= 4 is 5.91 Å². The van der Waals surface area contributed by atoms with E-state index in [9.17, 15) is 9.18 Å². The van der Waals surface area contributed by atoms with Crippen molar-refractivity contribution in [3.63, 3.8) is 0 Å². The highest BCUT2D eigenvalue weighted by Gasteiger charge is 2.25. The fourth-order valence-corrected chi connectivity index (χ4v) is 3.78. The van der Waals surface area contributed by atoms with E-state index in [4.69, 9.17) is 0 Å². The van der Waals surface area contributed by atoms with E-state index in [1.165, 1.54) is 31.4 Å². The van der Waals surface area contributed by atoms with Crippen LogP contribution >= 0.6 is 0 Å². The number of hydrogen-bond donors (Lipinski definition) is 1. The molecule has 0 radical (unpaired) electrons. The van der Waals surface area contributed by atoms with E-state index >= 15 is 0 Å². The van der Waals surface area contributed by atoms with E-state index in [0.29, 0.717) is 11.3 Å². The zero-order valence-electron chi connectivity index (χ0n) is 15.2. The van der Waals surface area contributed by atoms with E-state index in [0.717, 1.165) is 30.1 Å². The van der Waals surface area contributed by atoms with Gasteiger partial charge in [0.15, 0.2) is 0 Å². The Balaban J connectivity index is 1.76. The van der Waals surface area contributed by atoms with E-state index in [1.807, 2.05) is 13.8 Å². The van der Waals surface area contributed by atoms with Gasteiger partial charge in [-0.1, -0.05) is 13.3 Å². The molecule has 1 amide bonds. The van der Waals surface area contributed by atoms with Gasteiger partial charge in [0.1, 0.15) is 5.82 Å². The number of amides is 1. The molecule has 25 heavy (non-hydrogen) atoms. The number of aryl methyl sites for hydroxylation is 1. The van der Waals surface area contributed by atoms with Crippen molar-refractivity contribution in [2.45, 2.75) is 58.9 Å². The highest BCUT2D eigenvalue weighted by molar-refractivity contribution is 5.96. The molecule has 1 aromatic heterocycles. The Morgan fingerprint density at radius 3 is 2.44 bits per heavy atom. The first kappa shape index (κ1) is 17.6. The Morgan fingerprint density at radius 2 is 1.84 bits per heavy atom. The minimum absolute atomic E-state index is 0.0525. The highest BCUT2D eigenvalue weighted by atomic mass is 19.1. The maximum Gasteiger partial charge on any atom is 0.255 e. The third-order valence-electron chi connectivity index (χ3n) is 5.35. The van der Waals surface area contributed by atoms with Gasteiger partial charge in [0, 0.05) is 6.04 Å². The summed E-state index contributed by atoms with van der Waals surface area (Å²) in [7, 11) is 0. The van der Waals surface area contributed by atoms with Crippen LogP contribution in [0, 0.1) is 25.6 Å². The Labute approximate surface area is 148 Å². The van der Waals surface area contributed by atoms with Crippen LogP contribution in [-0.2, 0) is 0 Å². The summed E-state index contributed by atoms with van der Waals surface area (Å²) in [6.45, 7) is 5.96. The summed E-state index contributed by atoms with van der Waals surface area (Å²) in [6, 6.07) is 6.39. The molecule has 1 aliphatic carbocycles. The van der Waals surface area contributed by atoms with Crippen LogP contribution in [0.2, 0.25) is 0 Å². The van der Waals surface area contributed by atoms with Crippen LogP contribution in [0.3, 0.4) is 0 Å². The number of nitrogens with one attached hydrogen (secondary N) is 1. The van der Waals surface area contributed by atoms with Crippen LogP contribution in [0.15, 0.2) is 24.3 Å². The highest BCUT2D eigenvalue weighted by Crippen LogP contribution is 2.27. The first-order chi connectivity index (χ1) is 12.0. The molecule has 3 rings (SSSR count). The second kappa shape index (κ2) is 7.38. The second-order valence-corrected chi connectivity index (χ2v) is 7.03. The molecule has 2 aromatic rings. The normalized spacial score (nSPS) is 20.5. The van der Waals surface area contributed by atoms with Gasteiger partial charge in [0.2, 0.25) is 0 Å². The number of carbonyl (C=O) groups excluding carboxylic acids is 1. The number of aromatic nitrogens is 2. The molecule has 0 bridgehead atoms. The van der Waals surface area contributed by atoms with Crippen molar-refractivity contribution in [3.05, 3.63) is 47.0 Å². The first-order valence-corrected chi connectivity index (χ1v) is 9.12. The molecule has 1 saturated carbocycles. The molecule has 0 aliphatic heterocycles. The lowest BCUT2D eigenvalue weighted by Crippen LogP contribution is -2.38. The minimum Gasteiger partial charge on any atom is -0.349 e. The summed E-state index contributed by atoms with van der Waals surface area (Å²) >= 11 is 0. The lowest BCUT2D eigenvalue weighted by atomic mass is 9.84. The summed E-state index contributed by atoms with van der Waals surface area (Å²) in [5.41, 5.74) is 2.86. The van der Waals surface area contributed by atoms with Crippen LogP contribution in [0.1, 0.15) is 60.8 Å². The summed E-state index contributed by atoms with van der Waals surface area (Å²) in [4.78, 5) is 12.8. The van der Waals surface area contributed by atoms with Gasteiger partial charge in [-0.15, -0.1) is 0 Å². The van der Waals surface area contributed by atoms with E-state index < -0.39 is 0 Å². The van der Waals surface area contributed by atoms with Crippen LogP contribution in [-0.4, -0.2) is 21.7 Å². The molecule has 1 fully saturated rings. The van der Waals surface area contributed by atoms with Gasteiger partial charge in [-0.3, -0.25) is 4.79 Å². The topological polar surface area (TPSA) is 46.9 Å². The van der Waals surface area contributed by atoms with Crippen LogP contribution < -0.4 is 5.32 Å². The predicted molar refractivity (Wildman–Crippen MR) is 96.5 cm³/mol. The fraction of sp³-hybridized carbons (Fsp3) is 0.500. The second-order valence-electron chi connectivity index (χ2n) is 7.03. The maximum atomic E-state index is 13.1. The number of carbonyl (C=O) groups is 1. The van der Waals surface area contributed by atoms with Crippen molar-refractivity contribution in [2.75, 3.05) is 0 Å². The molecule has 0 saturated heterocycles. The molecular weight excluding hydrogens is 317 g/mol. The van der Waals surface area contributed by atoms with Gasteiger partial charge in [-0.2, -0.15) is 5.10 Å². The smallest absolute Gasteiger partial charge is 0.255 e. The van der Waals surface area contributed by atoms with Crippen molar-refractivity contribution in [3.8, 4) is 5.69 Å². The van der Waals surface area contributed by atoms with Gasteiger partial charge in [0.25, 0.3) is 5.91 Å². The van der Waals surface area contributed by atoms with E-state index in [2.05, 4.69) is 17.3 Å². The Kier molecular flexibility index (Phi) is 5.21. The molecule has 4 nitrogen and oxygen atoms in total. The van der Waals surface area contributed by atoms with Crippen molar-refractivity contribution in [2.24, 2.45) is 5.92 Å². The number of halogens is 1. The fourth-order valence-electron chi connectivity index (χ4n) is 3.78. The third kappa shape index (κ3) is 3.75. The largest absolute Gasteiger partial charge is 0.349 e. The van der Waals surface area contributed by atoms with Gasteiger partial charge in [-0.25, -0.2) is 9.07 Å². The lowest BCUT2D eigenvalue weighted by Gasteiger charge is -2.28. The minimum atomic E-state index is -0.286. The monoisotopic (exact) mass is 343 g/mol. The summed E-state index contributed by atoms with van der Waals surface area (Å²) in [5, 5.41) is 7.67. The number of benzene rings is 1. The summed E-state index contributed by atoms with van der Waals surface area (Å²) in [6.07, 6.45) is 5.70. The standard InChI is InChI=1S/C20H26FN3O/c1-4-15-5-9-17(10-6-15)22-20(25)19-13(2)23-24(14(19)3)18-11-7-16(21)8-12-18/h7-8,11-12,15,17H,4-6,9-10H2,1-3H3,(H,22,25). The third-order valence-corrected chi connectivity index (χ3v) is 5.35. The van der Waals surface area contributed by atoms with E-state index in [1.54, 1.807) is 16.8 Å². The van der Waals surface area contributed by atoms with Crippen molar-refractivity contribution in [1.29, 1.82) is 0 Å². The Morgan fingerprint density at radius 1 is 1.20 bits per heavy atom. The quantitative estimate of drug-likeness (QED) is 0.898. The number of rotatable bonds is 4. The summed E-state index contributed by atoms with van der Waals surface area (Å²) < 4.78 is 14.8. The molecule has 1 N–H and O–H groups in total. The van der Waals surface area contributed by atoms with Crippen molar-refractivity contribution < 1.29 is 9.18 Å². The number of nitrogens with zero attached hydrogens (tertiary/aromatic N) is 2. The van der Waals surface area contributed by atoms with Crippen LogP contribution in [0.5, 0.6) is 0 Å².